The van der Waals surface area contributed by atoms with Crippen LogP contribution in [0.1, 0.15) is 23.2 Å². The van der Waals surface area contributed by atoms with Gasteiger partial charge in [-0.05, 0) is 31.0 Å². The zero-order chi connectivity index (χ0) is 20.5. The second-order valence-electron chi connectivity index (χ2n) is 7.42. The van der Waals surface area contributed by atoms with Crippen LogP contribution in [0.25, 0.3) is 21.8 Å². The molecule has 1 saturated heterocycles. The van der Waals surface area contributed by atoms with Gasteiger partial charge < -0.3 is 9.72 Å². The molecule has 152 valence electrons. The summed E-state index contributed by atoms with van der Waals surface area (Å²) in [5.41, 5.74) is 2.16. The minimum absolute atomic E-state index is 0.00326. The molecule has 7 heteroatoms. The zero-order valence-electron chi connectivity index (χ0n) is 16.3. The van der Waals surface area contributed by atoms with E-state index in [1.54, 1.807) is 16.8 Å². The van der Waals surface area contributed by atoms with E-state index in [9.17, 15) is 9.59 Å². The van der Waals surface area contributed by atoms with Crippen LogP contribution in [0.4, 0.5) is 0 Å². The largest absolute Gasteiger partial charge is 0.376 e. The van der Waals surface area contributed by atoms with Crippen LogP contribution in [0.3, 0.4) is 0 Å². The van der Waals surface area contributed by atoms with Crippen LogP contribution in [-0.4, -0.2) is 38.8 Å². The van der Waals surface area contributed by atoms with Gasteiger partial charge in [0.15, 0.2) is 10.9 Å². The highest BCUT2D eigenvalue weighted by Crippen LogP contribution is 2.24. The number of nitrogens with one attached hydrogen (secondary N) is 1. The molecule has 5 rings (SSSR count). The molecule has 4 aromatic rings. The van der Waals surface area contributed by atoms with Crippen LogP contribution in [-0.2, 0) is 11.3 Å². The number of H-pyrrole nitrogens is 1. The molecular formula is C23H21N3O3S. The van der Waals surface area contributed by atoms with Crippen molar-refractivity contribution in [3.8, 4) is 0 Å². The summed E-state index contributed by atoms with van der Waals surface area (Å²) in [7, 11) is 0. The Labute approximate surface area is 177 Å². The molecule has 2 aromatic heterocycles. The molecule has 0 saturated carbocycles. The Bertz CT molecular complexity index is 1290. The van der Waals surface area contributed by atoms with Gasteiger partial charge in [0.1, 0.15) is 0 Å². The number of fused-ring (bicyclic) bond motifs is 2. The van der Waals surface area contributed by atoms with Crippen molar-refractivity contribution in [2.24, 2.45) is 0 Å². The van der Waals surface area contributed by atoms with E-state index >= 15 is 0 Å². The van der Waals surface area contributed by atoms with E-state index in [0.29, 0.717) is 28.2 Å². The number of Topliss-reactive ketones (excluding diaryl/α,β-unsaturated/α-hetero) is 1. The van der Waals surface area contributed by atoms with Crippen molar-refractivity contribution in [2.45, 2.75) is 30.6 Å². The van der Waals surface area contributed by atoms with Crippen molar-refractivity contribution in [3.63, 3.8) is 0 Å². The Morgan fingerprint density at radius 3 is 2.80 bits per heavy atom. The molecule has 30 heavy (non-hydrogen) atoms. The van der Waals surface area contributed by atoms with Gasteiger partial charge in [-0.15, -0.1) is 0 Å². The number of ketones is 1. The third-order valence-electron chi connectivity index (χ3n) is 5.46. The standard InChI is InChI=1S/C23H21N3O3S/c27-21(18-12-24-19-9-3-1-7-16(18)19)14-30-23-25-20-10-4-2-8-17(20)22(28)26(23)13-15-6-5-11-29-15/h1-4,7-10,12,15,24H,5-6,11,13-14H2/t15-/m0/s1. The molecule has 1 atom stereocenters. The van der Waals surface area contributed by atoms with E-state index in [-0.39, 0.29) is 23.2 Å². The number of nitrogens with zero attached hydrogens (tertiary/aromatic N) is 2. The topological polar surface area (TPSA) is 77.0 Å². The first-order valence-corrected chi connectivity index (χ1v) is 11.0. The first-order chi connectivity index (χ1) is 14.7. The first-order valence-electron chi connectivity index (χ1n) is 10.0. The number of aromatic nitrogens is 3. The van der Waals surface area contributed by atoms with E-state index < -0.39 is 0 Å². The van der Waals surface area contributed by atoms with E-state index in [1.165, 1.54) is 11.8 Å². The molecule has 2 aromatic carbocycles. The number of benzene rings is 2. The van der Waals surface area contributed by atoms with Gasteiger partial charge in [-0.25, -0.2) is 4.98 Å². The van der Waals surface area contributed by atoms with E-state index in [1.807, 2.05) is 42.5 Å². The maximum absolute atomic E-state index is 13.1. The molecule has 0 aliphatic carbocycles. The summed E-state index contributed by atoms with van der Waals surface area (Å²) in [6.45, 7) is 1.18. The Morgan fingerprint density at radius 2 is 1.97 bits per heavy atom. The fourth-order valence-corrected chi connectivity index (χ4v) is 4.81. The number of hydrogen-bond acceptors (Lipinski definition) is 5. The highest BCUT2D eigenvalue weighted by Gasteiger charge is 2.21. The van der Waals surface area contributed by atoms with Crippen LogP contribution in [0.15, 0.2) is 64.7 Å². The van der Waals surface area contributed by atoms with E-state index in [2.05, 4.69) is 4.98 Å². The van der Waals surface area contributed by atoms with Crippen molar-refractivity contribution < 1.29 is 9.53 Å². The number of thioether (sulfide) groups is 1. The average molecular weight is 420 g/mol. The van der Waals surface area contributed by atoms with Crippen molar-refractivity contribution in [2.75, 3.05) is 12.4 Å². The maximum Gasteiger partial charge on any atom is 0.262 e. The van der Waals surface area contributed by atoms with Gasteiger partial charge in [-0.3, -0.25) is 14.2 Å². The van der Waals surface area contributed by atoms with Gasteiger partial charge in [-0.2, -0.15) is 0 Å². The number of carbonyl (C=O) groups excluding carboxylic acids is 1. The predicted octanol–water partition coefficient (Wildman–Crippen LogP) is 4.03. The lowest BCUT2D eigenvalue weighted by Gasteiger charge is -2.16. The number of para-hydroxylation sites is 2. The van der Waals surface area contributed by atoms with Crippen LogP contribution in [0.5, 0.6) is 0 Å². The molecule has 1 aliphatic heterocycles. The Morgan fingerprint density at radius 1 is 1.17 bits per heavy atom. The van der Waals surface area contributed by atoms with Gasteiger partial charge in [0.05, 0.1) is 29.3 Å². The fraction of sp³-hybridized carbons (Fsp3) is 0.261. The summed E-state index contributed by atoms with van der Waals surface area (Å²) < 4.78 is 7.42. The molecule has 6 nitrogen and oxygen atoms in total. The summed E-state index contributed by atoms with van der Waals surface area (Å²) in [5, 5.41) is 2.05. The van der Waals surface area contributed by atoms with Crippen molar-refractivity contribution in [1.82, 2.24) is 14.5 Å². The lowest BCUT2D eigenvalue weighted by Crippen LogP contribution is -2.29. The summed E-state index contributed by atoms with van der Waals surface area (Å²) in [5.74, 6) is 0.210. The van der Waals surface area contributed by atoms with Crippen molar-refractivity contribution >= 4 is 39.4 Å². The monoisotopic (exact) mass is 419 g/mol. The van der Waals surface area contributed by atoms with E-state index in [0.717, 1.165) is 30.4 Å². The van der Waals surface area contributed by atoms with Gasteiger partial charge in [0.25, 0.3) is 5.56 Å². The Balaban J connectivity index is 1.46. The third kappa shape index (κ3) is 3.55. The number of hydrogen-bond donors (Lipinski definition) is 1. The fourth-order valence-electron chi connectivity index (χ4n) is 3.92. The van der Waals surface area contributed by atoms with Crippen molar-refractivity contribution in [3.05, 3.63) is 70.6 Å². The highest BCUT2D eigenvalue weighted by atomic mass is 32.2. The molecule has 3 heterocycles. The lowest BCUT2D eigenvalue weighted by atomic mass is 10.1. The normalized spacial score (nSPS) is 16.5. The molecule has 1 N–H and O–H groups in total. The van der Waals surface area contributed by atoms with Crippen LogP contribution < -0.4 is 5.56 Å². The maximum atomic E-state index is 13.1. The van der Waals surface area contributed by atoms with Crippen LogP contribution in [0, 0.1) is 0 Å². The molecule has 0 unspecified atom stereocenters. The highest BCUT2D eigenvalue weighted by molar-refractivity contribution is 7.99. The molecule has 1 aliphatic rings. The molecular weight excluding hydrogens is 398 g/mol. The summed E-state index contributed by atoms with van der Waals surface area (Å²) in [4.78, 5) is 33.9. The Hall–Kier alpha value is -2.90. The first kappa shape index (κ1) is 19.1. The summed E-state index contributed by atoms with van der Waals surface area (Å²) in [6.07, 6.45) is 3.69. The minimum Gasteiger partial charge on any atom is -0.376 e. The van der Waals surface area contributed by atoms with Gasteiger partial charge in [-0.1, -0.05) is 42.1 Å². The summed E-state index contributed by atoms with van der Waals surface area (Å²) >= 11 is 1.31. The number of rotatable bonds is 6. The van der Waals surface area contributed by atoms with Gasteiger partial charge in [0, 0.05) is 29.3 Å². The minimum atomic E-state index is -0.0851. The van der Waals surface area contributed by atoms with Crippen molar-refractivity contribution in [1.29, 1.82) is 0 Å². The number of carbonyl (C=O) groups is 1. The molecule has 0 bridgehead atoms. The SMILES string of the molecule is O=C(CSc1nc2ccccc2c(=O)n1C[C@@H]1CCCO1)c1c[nH]c2ccccc12. The summed E-state index contributed by atoms with van der Waals surface area (Å²) in [6, 6.07) is 15.1. The van der Waals surface area contributed by atoms with Gasteiger partial charge >= 0.3 is 0 Å². The van der Waals surface area contributed by atoms with Crippen LogP contribution in [0.2, 0.25) is 0 Å². The quantitative estimate of drug-likeness (QED) is 0.290. The second kappa shape index (κ2) is 8.08. The van der Waals surface area contributed by atoms with E-state index in [4.69, 9.17) is 9.72 Å². The molecule has 0 radical (unpaired) electrons. The third-order valence-corrected chi connectivity index (χ3v) is 6.44. The Kier molecular flexibility index (Phi) is 5.14. The molecule has 0 amide bonds. The van der Waals surface area contributed by atoms with Gasteiger partial charge in [0.2, 0.25) is 0 Å². The number of aromatic amines is 1. The lowest BCUT2D eigenvalue weighted by molar-refractivity contribution is 0.0937. The zero-order valence-corrected chi connectivity index (χ0v) is 17.2. The average Bonchev–Trinajstić information content (AvgIpc) is 3.44. The molecule has 1 fully saturated rings. The van der Waals surface area contributed by atoms with Crippen LogP contribution >= 0.6 is 11.8 Å². The smallest absolute Gasteiger partial charge is 0.262 e. The second-order valence-corrected chi connectivity index (χ2v) is 8.36. The predicted molar refractivity (Wildman–Crippen MR) is 118 cm³/mol. The molecule has 0 spiro atoms. The number of ether oxygens (including phenoxy) is 1.